The molecule has 0 aliphatic carbocycles. The van der Waals surface area contributed by atoms with E-state index in [9.17, 15) is 4.79 Å². The van der Waals surface area contributed by atoms with Gasteiger partial charge in [0.15, 0.2) is 0 Å². The molecule has 68 valence electrons. The fraction of sp³-hybridized carbons (Fsp3) is 0.500. The maximum Gasteiger partial charge on any atom is 0.330 e. The van der Waals surface area contributed by atoms with Crippen molar-refractivity contribution in [2.24, 2.45) is 5.92 Å². The SMILES string of the molecule is CC/C=C\[C@H](C)/C=C/C(=O)OC. The van der Waals surface area contributed by atoms with Gasteiger partial charge in [-0.05, 0) is 12.3 Å². The molecule has 2 nitrogen and oxygen atoms in total. The smallest absolute Gasteiger partial charge is 0.330 e. The average molecular weight is 168 g/mol. The lowest BCUT2D eigenvalue weighted by Gasteiger charge is -1.96. The predicted octanol–water partition coefficient (Wildman–Crippen LogP) is 2.32. The Bertz CT molecular complexity index is 180. The molecule has 0 aromatic rings. The molecule has 0 rings (SSSR count). The highest BCUT2D eigenvalue weighted by Gasteiger charge is 1.93. The average Bonchev–Trinajstić information content (AvgIpc) is 2.10. The fourth-order valence-electron chi connectivity index (χ4n) is 0.713. The first-order chi connectivity index (χ1) is 5.70. The van der Waals surface area contributed by atoms with Crippen molar-refractivity contribution in [3.05, 3.63) is 24.3 Å². The summed E-state index contributed by atoms with van der Waals surface area (Å²) >= 11 is 0. The van der Waals surface area contributed by atoms with Crippen LogP contribution in [-0.2, 0) is 9.53 Å². The lowest BCUT2D eigenvalue weighted by atomic mass is 10.1. The van der Waals surface area contributed by atoms with E-state index in [-0.39, 0.29) is 5.97 Å². The highest BCUT2D eigenvalue weighted by molar-refractivity contribution is 5.81. The molecule has 12 heavy (non-hydrogen) atoms. The third-order valence-electron chi connectivity index (χ3n) is 1.41. The molecule has 0 fully saturated rings. The Morgan fingerprint density at radius 3 is 2.67 bits per heavy atom. The zero-order valence-electron chi connectivity index (χ0n) is 7.91. The number of hydrogen-bond donors (Lipinski definition) is 0. The topological polar surface area (TPSA) is 26.3 Å². The second-order valence-electron chi connectivity index (χ2n) is 2.58. The van der Waals surface area contributed by atoms with Crippen molar-refractivity contribution in [2.45, 2.75) is 20.3 Å². The van der Waals surface area contributed by atoms with E-state index < -0.39 is 0 Å². The molecule has 0 N–H and O–H groups in total. The van der Waals surface area contributed by atoms with Crippen LogP contribution >= 0.6 is 0 Å². The van der Waals surface area contributed by atoms with Gasteiger partial charge in [-0.25, -0.2) is 4.79 Å². The molecular weight excluding hydrogens is 152 g/mol. The molecule has 0 spiro atoms. The molecule has 0 bridgehead atoms. The molecular formula is C10H16O2. The first kappa shape index (κ1) is 11.0. The van der Waals surface area contributed by atoms with Crippen LogP contribution < -0.4 is 0 Å². The minimum absolute atomic E-state index is 0.295. The Morgan fingerprint density at radius 2 is 2.17 bits per heavy atom. The number of rotatable bonds is 4. The molecule has 0 radical (unpaired) electrons. The largest absolute Gasteiger partial charge is 0.466 e. The van der Waals surface area contributed by atoms with Crippen LogP contribution in [0.2, 0.25) is 0 Å². The van der Waals surface area contributed by atoms with Crippen LogP contribution in [0.1, 0.15) is 20.3 Å². The Labute approximate surface area is 73.9 Å². The molecule has 1 atom stereocenters. The van der Waals surface area contributed by atoms with E-state index in [1.165, 1.54) is 13.2 Å². The van der Waals surface area contributed by atoms with Gasteiger partial charge >= 0.3 is 5.97 Å². The number of carbonyl (C=O) groups excluding carboxylic acids is 1. The molecule has 0 aromatic heterocycles. The van der Waals surface area contributed by atoms with Crippen molar-refractivity contribution in [3.8, 4) is 0 Å². The molecule has 0 aromatic carbocycles. The van der Waals surface area contributed by atoms with E-state index in [0.717, 1.165) is 6.42 Å². The molecule has 0 aliphatic rings. The summed E-state index contributed by atoms with van der Waals surface area (Å²) in [5.74, 6) is -0.00389. The maximum absolute atomic E-state index is 10.7. The van der Waals surface area contributed by atoms with E-state index in [2.05, 4.69) is 23.8 Å². The lowest BCUT2D eigenvalue weighted by Crippen LogP contribution is -1.95. The van der Waals surface area contributed by atoms with Gasteiger partial charge in [0.2, 0.25) is 0 Å². The van der Waals surface area contributed by atoms with Gasteiger partial charge in [0.25, 0.3) is 0 Å². The van der Waals surface area contributed by atoms with Crippen molar-refractivity contribution in [1.29, 1.82) is 0 Å². The quantitative estimate of drug-likeness (QED) is 0.366. The molecule has 0 amide bonds. The van der Waals surface area contributed by atoms with Gasteiger partial charge in [-0.3, -0.25) is 0 Å². The van der Waals surface area contributed by atoms with Gasteiger partial charge in [-0.2, -0.15) is 0 Å². The van der Waals surface area contributed by atoms with Crippen LogP contribution in [0.25, 0.3) is 0 Å². The van der Waals surface area contributed by atoms with Gasteiger partial charge in [-0.15, -0.1) is 0 Å². The molecule has 0 heterocycles. The van der Waals surface area contributed by atoms with E-state index in [4.69, 9.17) is 0 Å². The summed E-state index contributed by atoms with van der Waals surface area (Å²) in [7, 11) is 1.37. The molecule has 0 saturated heterocycles. The fourth-order valence-corrected chi connectivity index (χ4v) is 0.713. The van der Waals surface area contributed by atoms with Gasteiger partial charge < -0.3 is 4.74 Å². The zero-order valence-corrected chi connectivity index (χ0v) is 7.91. The van der Waals surface area contributed by atoms with Gasteiger partial charge in [0.05, 0.1) is 7.11 Å². The van der Waals surface area contributed by atoms with Crippen molar-refractivity contribution in [1.82, 2.24) is 0 Å². The van der Waals surface area contributed by atoms with Crippen molar-refractivity contribution < 1.29 is 9.53 Å². The summed E-state index contributed by atoms with van der Waals surface area (Å²) in [5.41, 5.74) is 0. The second kappa shape index (κ2) is 6.65. The molecule has 0 saturated carbocycles. The minimum Gasteiger partial charge on any atom is -0.466 e. The lowest BCUT2D eigenvalue weighted by molar-refractivity contribution is -0.134. The first-order valence-corrected chi connectivity index (χ1v) is 4.13. The maximum atomic E-state index is 10.7. The monoisotopic (exact) mass is 168 g/mol. The van der Waals surface area contributed by atoms with Crippen molar-refractivity contribution in [3.63, 3.8) is 0 Å². The molecule has 0 aliphatic heterocycles. The Morgan fingerprint density at radius 1 is 1.50 bits per heavy atom. The summed E-state index contributed by atoms with van der Waals surface area (Å²) in [6, 6.07) is 0. The zero-order chi connectivity index (χ0) is 9.40. The molecule has 2 heteroatoms. The summed E-state index contributed by atoms with van der Waals surface area (Å²) in [6.45, 7) is 4.10. The van der Waals surface area contributed by atoms with Crippen LogP contribution in [0.3, 0.4) is 0 Å². The highest BCUT2D eigenvalue weighted by atomic mass is 16.5. The number of hydrogen-bond acceptors (Lipinski definition) is 2. The van der Waals surface area contributed by atoms with Crippen LogP contribution in [0.5, 0.6) is 0 Å². The number of esters is 1. The van der Waals surface area contributed by atoms with Crippen LogP contribution in [0, 0.1) is 5.92 Å². The van der Waals surface area contributed by atoms with Gasteiger partial charge in [0, 0.05) is 6.08 Å². The van der Waals surface area contributed by atoms with Crippen LogP contribution in [0.4, 0.5) is 0 Å². The van der Waals surface area contributed by atoms with Gasteiger partial charge in [-0.1, -0.05) is 32.1 Å². The standard InChI is InChI=1S/C10H16O2/c1-4-5-6-9(2)7-8-10(11)12-3/h5-9H,4H2,1-3H3/b6-5-,8-7+/t9-/m0/s1. The van der Waals surface area contributed by atoms with E-state index in [0.29, 0.717) is 5.92 Å². The summed E-state index contributed by atoms with van der Waals surface area (Å²) < 4.78 is 4.46. The Hall–Kier alpha value is -1.05. The number of allylic oxidation sites excluding steroid dienone is 3. The second-order valence-corrected chi connectivity index (χ2v) is 2.58. The number of carbonyl (C=O) groups is 1. The highest BCUT2D eigenvalue weighted by Crippen LogP contribution is 2.00. The third-order valence-corrected chi connectivity index (χ3v) is 1.41. The summed E-state index contributed by atoms with van der Waals surface area (Å²) in [4.78, 5) is 10.7. The van der Waals surface area contributed by atoms with Crippen LogP contribution in [-0.4, -0.2) is 13.1 Å². The predicted molar refractivity (Wildman–Crippen MR) is 49.8 cm³/mol. The summed E-state index contributed by atoms with van der Waals surface area (Å²) in [5, 5.41) is 0. The number of ether oxygens (including phenoxy) is 1. The Balaban J connectivity index is 3.82. The van der Waals surface area contributed by atoms with Gasteiger partial charge in [0.1, 0.15) is 0 Å². The number of methoxy groups -OCH3 is 1. The first-order valence-electron chi connectivity index (χ1n) is 4.13. The van der Waals surface area contributed by atoms with E-state index >= 15 is 0 Å². The Kier molecular flexibility index (Phi) is 6.07. The summed E-state index contributed by atoms with van der Waals surface area (Å²) in [6.07, 6.45) is 8.42. The van der Waals surface area contributed by atoms with Crippen molar-refractivity contribution >= 4 is 5.97 Å². The van der Waals surface area contributed by atoms with E-state index in [1.807, 2.05) is 13.0 Å². The van der Waals surface area contributed by atoms with Crippen molar-refractivity contribution in [2.75, 3.05) is 7.11 Å². The normalized spacial score (nSPS) is 13.9. The third kappa shape index (κ3) is 5.71. The molecule has 0 unspecified atom stereocenters. The van der Waals surface area contributed by atoms with E-state index in [1.54, 1.807) is 0 Å². The minimum atomic E-state index is -0.299. The van der Waals surface area contributed by atoms with Crippen LogP contribution in [0.15, 0.2) is 24.3 Å².